The topological polar surface area (TPSA) is 15.6 Å². The zero-order valence-corrected chi connectivity index (χ0v) is 26.2. The van der Waals surface area contributed by atoms with Crippen molar-refractivity contribution in [3.8, 4) is 0 Å². The zero-order valence-electron chi connectivity index (χ0n) is 26.2. The molecule has 0 aliphatic rings. The molecule has 226 valence electrons. The lowest BCUT2D eigenvalue weighted by Crippen LogP contribution is -2.48. The van der Waals surface area contributed by atoms with Crippen molar-refractivity contribution in [3.05, 3.63) is 71.1 Å². The highest BCUT2D eigenvalue weighted by atomic mass is 19.1. The van der Waals surface area contributed by atoms with Crippen LogP contribution in [0.5, 0.6) is 0 Å². The first-order valence-corrected chi connectivity index (χ1v) is 15.5. The van der Waals surface area contributed by atoms with Crippen LogP contribution in [0, 0.1) is 5.82 Å². The Morgan fingerprint density at radius 3 is 2.15 bits per heavy atom. The molecule has 0 fully saturated rings. The summed E-state index contributed by atoms with van der Waals surface area (Å²) in [5, 5.41) is 1.18. The summed E-state index contributed by atoms with van der Waals surface area (Å²) in [5.41, 5.74) is 0.994. The largest absolute Gasteiger partial charge is 0.369 e. The molecule has 41 heavy (non-hydrogen) atoms. The molecule has 0 amide bonds. The number of nitrogens with zero attached hydrogens (tertiary/aromatic N) is 3. The Kier molecular flexibility index (Phi) is 14.9. The summed E-state index contributed by atoms with van der Waals surface area (Å²) in [6.45, 7) is 18.9. The number of halogens is 3. The highest BCUT2D eigenvalue weighted by molar-refractivity contribution is 5.89. The van der Waals surface area contributed by atoms with E-state index in [0.717, 1.165) is 82.1 Å². The van der Waals surface area contributed by atoms with E-state index in [-0.39, 0.29) is 11.4 Å². The molecule has 0 bridgehead atoms. The smallest absolute Gasteiger partial charge is 0.154 e. The van der Waals surface area contributed by atoms with Gasteiger partial charge < -0.3 is 9.38 Å². The molecule has 0 radical (unpaired) electrons. The molecule has 2 rings (SSSR count). The SMILES string of the molecule is C\C=C/C(C(/F)=C/c1ccc2c(F)c(N(CCCC)CCCC)ccc2c1)=C(/F)C=NCCC[N+](CC)(CC)CC. The molecular formula is C35H51F3N3+. The number of rotatable bonds is 18. The number of hydrogen-bond acceptors (Lipinski definition) is 2. The van der Waals surface area contributed by atoms with Gasteiger partial charge in [-0.05, 0) is 69.7 Å². The van der Waals surface area contributed by atoms with Crippen LogP contribution in [0.25, 0.3) is 16.8 Å². The molecule has 2 aromatic carbocycles. The summed E-state index contributed by atoms with van der Waals surface area (Å²) in [6.07, 6.45) is 10.4. The Bertz CT molecular complexity index is 1190. The highest BCUT2D eigenvalue weighted by Crippen LogP contribution is 2.30. The molecule has 0 atom stereocenters. The van der Waals surface area contributed by atoms with Crippen LogP contribution in [0.4, 0.5) is 18.9 Å². The number of allylic oxidation sites excluding steroid dienone is 5. The van der Waals surface area contributed by atoms with Crippen molar-refractivity contribution in [2.24, 2.45) is 4.99 Å². The van der Waals surface area contributed by atoms with Crippen LogP contribution in [-0.2, 0) is 0 Å². The number of hydrogen-bond donors (Lipinski definition) is 0. The maximum absolute atomic E-state index is 15.6. The normalized spacial score (nSPS) is 13.5. The molecule has 0 saturated heterocycles. The predicted molar refractivity (Wildman–Crippen MR) is 173 cm³/mol. The van der Waals surface area contributed by atoms with Gasteiger partial charge in [0.05, 0.1) is 38.1 Å². The van der Waals surface area contributed by atoms with Crippen molar-refractivity contribution in [3.63, 3.8) is 0 Å². The van der Waals surface area contributed by atoms with Crippen molar-refractivity contribution < 1.29 is 17.7 Å². The summed E-state index contributed by atoms with van der Waals surface area (Å²) < 4.78 is 46.9. The van der Waals surface area contributed by atoms with Gasteiger partial charge in [0.2, 0.25) is 0 Å². The van der Waals surface area contributed by atoms with Gasteiger partial charge in [-0.3, -0.25) is 4.99 Å². The van der Waals surface area contributed by atoms with E-state index in [1.807, 2.05) is 12.1 Å². The van der Waals surface area contributed by atoms with E-state index in [1.54, 1.807) is 31.2 Å². The average molecular weight is 571 g/mol. The molecule has 0 aromatic heterocycles. The number of fused-ring (bicyclic) bond motifs is 1. The third-order valence-electron chi connectivity index (χ3n) is 8.14. The summed E-state index contributed by atoms with van der Waals surface area (Å²) >= 11 is 0. The van der Waals surface area contributed by atoms with E-state index in [1.165, 1.54) is 12.2 Å². The maximum atomic E-state index is 15.6. The van der Waals surface area contributed by atoms with Crippen molar-refractivity contribution in [2.75, 3.05) is 50.7 Å². The van der Waals surface area contributed by atoms with Crippen LogP contribution < -0.4 is 4.90 Å². The average Bonchev–Trinajstić information content (AvgIpc) is 2.98. The Morgan fingerprint density at radius 1 is 0.902 bits per heavy atom. The van der Waals surface area contributed by atoms with Gasteiger partial charge in [0.15, 0.2) is 11.6 Å². The molecule has 0 saturated carbocycles. The molecule has 2 aromatic rings. The van der Waals surface area contributed by atoms with Crippen LogP contribution in [0.3, 0.4) is 0 Å². The molecule has 0 aliphatic carbocycles. The lowest BCUT2D eigenvalue weighted by Gasteiger charge is -2.35. The summed E-state index contributed by atoms with van der Waals surface area (Å²) in [6, 6.07) is 8.80. The standard InChI is InChI=1S/C35H51F3N3/c1-7-13-22-40(23-14-8-2)34-20-18-29-25-28(17-19-30(29)35(34)38)26-32(36)31(16-9-3)33(37)27-39-21-15-24-41(10-4,11-5)12-6/h9,16-20,25-27H,7-8,10-15,21-24H2,1-6H3/q+1/b16-9-,32-26-,33-31-,39-27?. The second kappa shape index (κ2) is 17.8. The van der Waals surface area contributed by atoms with Crippen molar-refractivity contribution in [2.45, 2.75) is 73.6 Å². The fraction of sp³-hybridized carbons (Fsp3) is 0.514. The minimum atomic E-state index is -0.713. The third-order valence-corrected chi connectivity index (χ3v) is 8.14. The van der Waals surface area contributed by atoms with Crippen molar-refractivity contribution >= 4 is 28.8 Å². The van der Waals surface area contributed by atoms with Crippen molar-refractivity contribution in [1.29, 1.82) is 0 Å². The predicted octanol–water partition coefficient (Wildman–Crippen LogP) is 9.83. The molecular weight excluding hydrogens is 519 g/mol. The molecule has 0 spiro atoms. The third kappa shape index (κ3) is 9.88. The minimum Gasteiger partial charge on any atom is -0.369 e. The first kappa shape index (κ1) is 34.3. The van der Waals surface area contributed by atoms with Crippen LogP contribution >= 0.6 is 0 Å². The van der Waals surface area contributed by atoms with E-state index in [4.69, 9.17) is 0 Å². The molecule has 6 heteroatoms. The Balaban J connectivity index is 2.27. The number of benzene rings is 2. The van der Waals surface area contributed by atoms with Crippen LogP contribution in [0.15, 0.2) is 64.7 Å². The lowest BCUT2D eigenvalue weighted by molar-refractivity contribution is -0.923. The van der Waals surface area contributed by atoms with Crippen molar-refractivity contribution in [1.82, 2.24) is 0 Å². The fourth-order valence-electron chi connectivity index (χ4n) is 5.20. The molecule has 3 nitrogen and oxygen atoms in total. The Labute approximate surface area is 246 Å². The van der Waals surface area contributed by atoms with Gasteiger partial charge in [-0.25, -0.2) is 13.2 Å². The zero-order chi connectivity index (χ0) is 30.3. The summed E-state index contributed by atoms with van der Waals surface area (Å²) in [4.78, 5) is 6.36. The van der Waals surface area contributed by atoms with Gasteiger partial charge in [-0.2, -0.15) is 0 Å². The van der Waals surface area contributed by atoms with Gasteiger partial charge in [-0.15, -0.1) is 0 Å². The first-order chi connectivity index (χ1) is 19.8. The van der Waals surface area contributed by atoms with E-state index < -0.39 is 11.7 Å². The molecule has 0 N–H and O–H groups in total. The molecule has 0 aliphatic heterocycles. The van der Waals surface area contributed by atoms with Crippen LogP contribution in [0.2, 0.25) is 0 Å². The molecule has 0 unspecified atom stereocenters. The Hall–Kier alpha value is -2.86. The van der Waals surface area contributed by atoms with E-state index in [9.17, 15) is 0 Å². The van der Waals surface area contributed by atoms with E-state index in [2.05, 4.69) is 44.5 Å². The lowest BCUT2D eigenvalue weighted by atomic mass is 10.0. The van der Waals surface area contributed by atoms with Gasteiger partial charge in [-0.1, -0.05) is 57.0 Å². The fourth-order valence-corrected chi connectivity index (χ4v) is 5.20. The molecule has 0 heterocycles. The number of unbranched alkanes of at least 4 members (excludes halogenated alkanes) is 2. The van der Waals surface area contributed by atoms with Crippen LogP contribution in [-0.4, -0.2) is 56.5 Å². The second-order valence-electron chi connectivity index (χ2n) is 10.7. The second-order valence-corrected chi connectivity index (χ2v) is 10.7. The van der Waals surface area contributed by atoms with Gasteiger partial charge in [0, 0.05) is 37.0 Å². The van der Waals surface area contributed by atoms with Gasteiger partial charge in [0.25, 0.3) is 0 Å². The van der Waals surface area contributed by atoms with Crippen LogP contribution in [0.1, 0.15) is 79.2 Å². The quantitative estimate of drug-likeness (QED) is 0.0754. The first-order valence-electron chi connectivity index (χ1n) is 15.5. The number of quaternary nitrogens is 1. The van der Waals surface area contributed by atoms with Gasteiger partial charge >= 0.3 is 0 Å². The Morgan fingerprint density at radius 2 is 1.56 bits per heavy atom. The summed E-state index contributed by atoms with van der Waals surface area (Å²) in [5.74, 6) is -1.67. The van der Waals surface area contributed by atoms with E-state index in [0.29, 0.717) is 28.6 Å². The highest BCUT2D eigenvalue weighted by Gasteiger charge is 2.19. The number of anilines is 1. The maximum Gasteiger partial charge on any atom is 0.154 e. The minimum absolute atomic E-state index is 0.152. The van der Waals surface area contributed by atoms with E-state index >= 15 is 13.2 Å². The number of aliphatic imine (C=N–C) groups is 1. The van der Waals surface area contributed by atoms with Gasteiger partial charge in [0.1, 0.15) is 5.83 Å². The summed E-state index contributed by atoms with van der Waals surface area (Å²) in [7, 11) is 0. The monoisotopic (exact) mass is 570 g/mol.